The Morgan fingerprint density at radius 3 is 2.41 bits per heavy atom. The molecule has 1 heterocycles. The van der Waals surface area contributed by atoms with E-state index in [1.54, 1.807) is 24.3 Å². The van der Waals surface area contributed by atoms with E-state index in [2.05, 4.69) is 24.4 Å². The van der Waals surface area contributed by atoms with Crippen LogP contribution in [0.15, 0.2) is 53.4 Å². The monoisotopic (exact) mass is 414 g/mol. The van der Waals surface area contributed by atoms with Gasteiger partial charge in [0.15, 0.2) is 0 Å². The molecule has 1 aliphatic rings. The van der Waals surface area contributed by atoms with Crippen molar-refractivity contribution in [2.75, 3.05) is 13.1 Å². The van der Waals surface area contributed by atoms with Crippen LogP contribution >= 0.6 is 0 Å². The molecule has 2 atom stereocenters. The first kappa shape index (κ1) is 21.5. The highest BCUT2D eigenvalue weighted by molar-refractivity contribution is 7.89. The van der Waals surface area contributed by atoms with E-state index in [1.165, 1.54) is 9.87 Å². The van der Waals surface area contributed by atoms with Crippen molar-refractivity contribution in [2.45, 2.75) is 51.0 Å². The molecule has 0 saturated carbocycles. The van der Waals surface area contributed by atoms with Gasteiger partial charge in [0.1, 0.15) is 0 Å². The Bertz CT molecular complexity index is 937. The van der Waals surface area contributed by atoms with Crippen molar-refractivity contribution >= 4 is 15.9 Å². The number of nitrogens with one attached hydrogen (secondary N) is 1. The third-order valence-corrected chi connectivity index (χ3v) is 7.54. The van der Waals surface area contributed by atoms with Crippen LogP contribution in [0, 0.1) is 12.8 Å². The zero-order valence-electron chi connectivity index (χ0n) is 17.4. The van der Waals surface area contributed by atoms with E-state index in [-0.39, 0.29) is 29.3 Å². The van der Waals surface area contributed by atoms with Crippen molar-refractivity contribution in [2.24, 2.45) is 5.92 Å². The van der Waals surface area contributed by atoms with E-state index < -0.39 is 10.0 Å². The molecule has 0 aliphatic carbocycles. The van der Waals surface area contributed by atoms with Crippen LogP contribution in [0.5, 0.6) is 0 Å². The van der Waals surface area contributed by atoms with Crippen LogP contribution in [0.1, 0.15) is 49.4 Å². The van der Waals surface area contributed by atoms with Crippen LogP contribution in [-0.4, -0.2) is 31.7 Å². The highest BCUT2D eigenvalue weighted by Crippen LogP contribution is 2.25. The van der Waals surface area contributed by atoms with Gasteiger partial charge in [-0.3, -0.25) is 4.79 Å². The summed E-state index contributed by atoms with van der Waals surface area (Å²) in [5.74, 6) is -0.415. The van der Waals surface area contributed by atoms with Gasteiger partial charge in [-0.1, -0.05) is 48.9 Å². The molecule has 3 rings (SSSR count). The van der Waals surface area contributed by atoms with E-state index in [0.29, 0.717) is 19.4 Å². The third kappa shape index (κ3) is 5.06. The molecule has 0 radical (unpaired) electrons. The molecule has 2 aromatic rings. The first-order valence-electron chi connectivity index (χ1n) is 10.3. The number of amides is 1. The predicted molar refractivity (Wildman–Crippen MR) is 115 cm³/mol. The van der Waals surface area contributed by atoms with E-state index in [9.17, 15) is 13.2 Å². The van der Waals surface area contributed by atoms with Crippen LogP contribution < -0.4 is 5.32 Å². The van der Waals surface area contributed by atoms with Gasteiger partial charge in [-0.2, -0.15) is 4.31 Å². The average Bonchev–Trinajstić information content (AvgIpc) is 2.74. The quantitative estimate of drug-likeness (QED) is 0.781. The highest BCUT2D eigenvalue weighted by atomic mass is 32.2. The number of carbonyl (C=O) groups excluding carboxylic acids is 1. The van der Waals surface area contributed by atoms with E-state index in [0.717, 1.165) is 17.5 Å². The smallest absolute Gasteiger partial charge is 0.243 e. The van der Waals surface area contributed by atoms with Crippen molar-refractivity contribution in [3.8, 4) is 0 Å². The second-order valence-electron chi connectivity index (χ2n) is 7.84. The van der Waals surface area contributed by atoms with Gasteiger partial charge >= 0.3 is 0 Å². The molecular formula is C23H30N2O3S. The van der Waals surface area contributed by atoms with Gasteiger partial charge in [-0.25, -0.2) is 8.42 Å². The van der Waals surface area contributed by atoms with Crippen LogP contribution in [0.3, 0.4) is 0 Å². The standard InChI is InChI=1S/C23H30N2O3S/c1-4-19-9-11-20(12-10-19)18(3)24-23(26)21-6-5-15-25(16-21)29(27,28)22-13-7-17(2)8-14-22/h7-14,18,21H,4-6,15-16H2,1-3H3,(H,24,26)/t18-,21+/m1/s1. The molecule has 2 aromatic carbocycles. The SMILES string of the molecule is CCc1ccc([C@@H](C)NC(=O)[C@H]2CCCN(S(=O)(=O)c3ccc(C)cc3)C2)cc1. The molecule has 1 N–H and O–H groups in total. The zero-order valence-corrected chi connectivity index (χ0v) is 18.2. The molecule has 29 heavy (non-hydrogen) atoms. The largest absolute Gasteiger partial charge is 0.349 e. The summed E-state index contributed by atoms with van der Waals surface area (Å²) in [7, 11) is -3.58. The molecule has 0 bridgehead atoms. The summed E-state index contributed by atoms with van der Waals surface area (Å²) in [6.07, 6.45) is 2.37. The molecule has 1 saturated heterocycles. The minimum Gasteiger partial charge on any atom is -0.349 e. The van der Waals surface area contributed by atoms with Crippen LogP contribution in [-0.2, 0) is 21.2 Å². The first-order chi connectivity index (χ1) is 13.8. The summed E-state index contributed by atoms with van der Waals surface area (Å²) in [5.41, 5.74) is 3.33. The summed E-state index contributed by atoms with van der Waals surface area (Å²) < 4.78 is 27.4. The fourth-order valence-corrected chi connectivity index (χ4v) is 5.21. The Labute approximate surface area is 174 Å². The minimum atomic E-state index is -3.58. The number of rotatable bonds is 6. The molecule has 0 spiro atoms. The summed E-state index contributed by atoms with van der Waals surface area (Å²) in [5, 5.41) is 3.06. The fourth-order valence-electron chi connectivity index (χ4n) is 3.69. The number of carbonyl (C=O) groups is 1. The molecule has 5 nitrogen and oxygen atoms in total. The number of nitrogens with zero attached hydrogens (tertiary/aromatic N) is 1. The molecule has 6 heteroatoms. The van der Waals surface area contributed by atoms with Crippen molar-refractivity contribution in [1.29, 1.82) is 0 Å². The van der Waals surface area contributed by atoms with Gasteiger partial charge in [0.05, 0.1) is 16.9 Å². The zero-order chi connectivity index (χ0) is 21.0. The van der Waals surface area contributed by atoms with Gasteiger partial charge in [-0.15, -0.1) is 0 Å². The van der Waals surface area contributed by atoms with Crippen molar-refractivity contribution in [1.82, 2.24) is 9.62 Å². The summed E-state index contributed by atoms with van der Waals surface area (Å²) in [6.45, 7) is 6.67. The second kappa shape index (κ2) is 9.09. The Morgan fingerprint density at radius 1 is 1.14 bits per heavy atom. The molecule has 1 amide bonds. The molecule has 156 valence electrons. The molecular weight excluding hydrogens is 384 g/mol. The maximum atomic E-state index is 13.0. The number of aryl methyl sites for hydroxylation is 2. The van der Waals surface area contributed by atoms with E-state index >= 15 is 0 Å². The maximum Gasteiger partial charge on any atom is 0.243 e. The van der Waals surface area contributed by atoms with Gasteiger partial charge in [0.2, 0.25) is 15.9 Å². The van der Waals surface area contributed by atoms with Crippen LogP contribution in [0.2, 0.25) is 0 Å². The summed E-state index contributed by atoms with van der Waals surface area (Å²) >= 11 is 0. The third-order valence-electron chi connectivity index (χ3n) is 5.66. The van der Waals surface area contributed by atoms with Crippen molar-refractivity contribution in [3.63, 3.8) is 0 Å². The lowest BCUT2D eigenvalue weighted by Gasteiger charge is -2.32. The lowest BCUT2D eigenvalue weighted by atomic mass is 9.97. The summed E-state index contributed by atoms with van der Waals surface area (Å²) in [6, 6.07) is 15.0. The van der Waals surface area contributed by atoms with E-state index in [1.807, 2.05) is 26.0 Å². The van der Waals surface area contributed by atoms with Gasteiger partial charge in [0.25, 0.3) is 0 Å². The van der Waals surface area contributed by atoms with E-state index in [4.69, 9.17) is 0 Å². The molecule has 0 aromatic heterocycles. The number of sulfonamides is 1. The van der Waals surface area contributed by atoms with Crippen LogP contribution in [0.4, 0.5) is 0 Å². The van der Waals surface area contributed by atoms with Gasteiger partial charge < -0.3 is 5.32 Å². The maximum absolute atomic E-state index is 13.0. The number of hydrogen-bond acceptors (Lipinski definition) is 3. The number of piperidine rings is 1. The molecule has 0 unspecified atom stereocenters. The van der Waals surface area contributed by atoms with Crippen molar-refractivity contribution in [3.05, 3.63) is 65.2 Å². The Kier molecular flexibility index (Phi) is 6.75. The Balaban J connectivity index is 1.66. The van der Waals surface area contributed by atoms with Gasteiger partial charge in [0, 0.05) is 13.1 Å². The van der Waals surface area contributed by atoms with Crippen LogP contribution in [0.25, 0.3) is 0 Å². The highest BCUT2D eigenvalue weighted by Gasteiger charge is 2.33. The first-order valence-corrected chi connectivity index (χ1v) is 11.7. The summed E-state index contributed by atoms with van der Waals surface area (Å²) in [4.78, 5) is 13.1. The lowest BCUT2D eigenvalue weighted by Crippen LogP contribution is -2.45. The Morgan fingerprint density at radius 2 is 1.79 bits per heavy atom. The minimum absolute atomic E-state index is 0.0825. The molecule has 1 fully saturated rings. The average molecular weight is 415 g/mol. The lowest BCUT2D eigenvalue weighted by molar-refractivity contribution is -0.126. The number of hydrogen-bond donors (Lipinski definition) is 1. The second-order valence-corrected chi connectivity index (χ2v) is 9.78. The van der Waals surface area contributed by atoms with Crippen molar-refractivity contribution < 1.29 is 13.2 Å². The topological polar surface area (TPSA) is 66.5 Å². The van der Waals surface area contributed by atoms with Gasteiger partial charge in [-0.05, 0) is 56.4 Å². The predicted octanol–water partition coefficient (Wildman–Crippen LogP) is 3.84. The Hall–Kier alpha value is -2.18. The number of benzene rings is 2. The normalized spacial score (nSPS) is 18.9. The fraction of sp³-hybridized carbons (Fsp3) is 0.435. The molecule has 1 aliphatic heterocycles.